The van der Waals surface area contributed by atoms with E-state index in [1.54, 1.807) is 7.11 Å². The molecule has 3 rings (SSSR count). The number of ether oxygens (including phenoxy) is 3. The van der Waals surface area contributed by atoms with Crippen LogP contribution in [0.3, 0.4) is 0 Å². The van der Waals surface area contributed by atoms with Gasteiger partial charge in [0.1, 0.15) is 5.75 Å². The van der Waals surface area contributed by atoms with Crippen molar-refractivity contribution in [2.45, 2.75) is 56.5 Å². The van der Waals surface area contributed by atoms with Crippen LogP contribution in [0.25, 0.3) is 0 Å². The van der Waals surface area contributed by atoms with Crippen molar-refractivity contribution in [3.05, 3.63) is 29.8 Å². The van der Waals surface area contributed by atoms with E-state index < -0.39 is 0 Å². The molecule has 29 heavy (non-hydrogen) atoms. The summed E-state index contributed by atoms with van der Waals surface area (Å²) in [4.78, 5) is 4.41. The van der Waals surface area contributed by atoms with E-state index in [0.29, 0.717) is 0 Å². The minimum Gasteiger partial charge on any atom is -0.497 e. The lowest BCUT2D eigenvalue weighted by Crippen LogP contribution is -2.46. The Kier molecular flexibility index (Phi) is 8.62. The largest absolute Gasteiger partial charge is 0.497 e. The number of guanidine groups is 1. The molecule has 1 aromatic carbocycles. The highest BCUT2D eigenvalue weighted by Crippen LogP contribution is 2.39. The molecule has 0 aromatic heterocycles. The van der Waals surface area contributed by atoms with E-state index >= 15 is 0 Å². The molecule has 1 aromatic rings. The Morgan fingerprint density at radius 1 is 1.17 bits per heavy atom. The number of nitrogens with zero attached hydrogens (tertiary/aromatic N) is 1. The minimum atomic E-state index is 0.160. The van der Waals surface area contributed by atoms with E-state index in [2.05, 4.69) is 39.9 Å². The number of hydrogen-bond donors (Lipinski definition) is 2. The van der Waals surface area contributed by atoms with Gasteiger partial charge in [-0.25, -0.2) is 0 Å². The van der Waals surface area contributed by atoms with Crippen molar-refractivity contribution in [3.63, 3.8) is 0 Å². The fraction of sp³-hybridized carbons (Fsp3) is 0.696. The Hall–Kier alpha value is -1.79. The van der Waals surface area contributed by atoms with Gasteiger partial charge in [0.2, 0.25) is 0 Å². The normalized spacial score (nSPS) is 21.7. The molecule has 0 amide bonds. The van der Waals surface area contributed by atoms with Crippen LogP contribution in [-0.4, -0.2) is 59.1 Å². The number of hydrogen-bond acceptors (Lipinski definition) is 4. The zero-order chi connectivity index (χ0) is 20.4. The van der Waals surface area contributed by atoms with E-state index in [1.165, 1.54) is 37.7 Å². The Morgan fingerprint density at radius 2 is 1.97 bits per heavy atom. The predicted octanol–water partition coefficient (Wildman–Crippen LogP) is 3.26. The smallest absolute Gasteiger partial charge is 0.191 e. The zero-order valence-electron chi connectivity index (χ0n) is 18.0. The van der Waals surface area contributed by atoms with Crippen molar-refractivity contribution >= 4 is 5.96 Å². The van der Waals surface area contributed by atoms with Crippen LogP contribution in [-0.2, 0) is 14.9 Å². The van der Waals surface area contributed by atoms with E-state index in [0.717, 1.165) is 57.5 Å². The lowest BCUT2D eigenvalue weighted by molar-refractivity contribution is 0.0420. The van der Waals surface area contributed by atoms with Crippen LogP contribution in [0.4, 0.5) is 0 Å². The Balaban J connectivity index is 1.48. The summed E-state index contributed by atoms with van der Waals surface area (Å²) in [5.74, 6) is 1.78. The summed E-state index contributed by atoms with van der Waals surface area (Å²) in [6.07, 6.45) is 8.57. The van der Waals surface area contributed by atoms with Gasteiger partial charge in [0.25, 0.3) is 0 Å². The van der Waals surface area contributed by atoms with Gasteiger partial charge in [-0.1, -0.05) is 31.4 Å². The standard InChI is InChI=1S/C23H37N3O3/c1-24-22(25-14-6-15-29-21-11-16-28-17-21)26-18-23(12-4-3-5-13-23)19-7-9-20(27-2)10-8-19/h7-10,21H,3-6,11-18H2,1-2H3,(H2,24,25,26). The molecular weight excluding hydrogens is 366 g/mol. The second-order valence-corrected chi connectivity index (χ2v) is 8.13. The molecule has 1 atom stereocenters. The lowest BCUT2D eigenvalue weighted by Gasteiger charge is -2.38. The monoisotopic (exact) mass is 403 g/mol. The third-order valence-corrected chi connectivity index (χ3v) is 6.19. The van der Waals surface area contributed by atoms with Gasteiger partial charge in [-0.15, -0.1) is 0 Å². The molecule has 162 valence electrons. The summed E-state index contributed by atoms with van der Waals surface area (Å²) in [5, 5.41) is 7.01. The van der Waals surface area contributed by atoms with Crippen LogP contribution in [0.2, 0.25) is 0 Å². The summed E-state index contributed by atoms with van der Waals surface area (Å²) in [5.41, 5.74) is 1.56. The number of nitrogens with one attached hydrogen (secondary N) is 2. The number of aliphatic imine (C=N–C) groups is 1. The van der Waals surface area contributed by atoms with E-state index in [-0.39, 0.29) is 11.5 Å². The van der Waals surface area contributed by atoms with Crippen molar-refractivity contribution in [1.29, 1.82) is 0 Å². The molecule has 6 heteroatoms. The van der Waals surface area contributed by atoms with Crippen molar-refractivity contribution < 1.29 is 14.2 Å². The summed E-state index contributed by atoms with van der Waals surface area (Å²) in [6, 6.07) is 8.61. The van der Waals surface area contributed by atoms with Crippen molar-refractivity contribution in [2.75, 3.05) is 47.1 Å². The molecule has 0 radical (unpaired) electrons. The predicted molar refractivity (Wildman–Crippen MR) is 117 cm³/mol. The number of benzene rings is 1. The first-order chi connectivity index (χ1) is 14.3. The first kappa shape index (κ1) is 21.9. The van der Waals surface area contributed by atoms with Crippen LogP contribution >= 0.6 is 0 Å². The van der Waals surface area contributed by atoms with Gasteiger partial charge in [0, 0.05) is 38.8 Å². The molecule has 0 bridgehead atoms. The molecule has 2 N–H and O–H groups in total. The fourth-order valence-electron chi connectivity index (χ4n) is 4.39. The van der Waals surface area contributed by atoms with Crippen LogP contribution in [0.1, 0.15) is 50.5 Å². The van der Waals surface area contributed by atoms with Crippen LogP contribution in [0.15, 0.2) is 29.3 Å². The molecule has 1 saturated carbocycles. The van der Waals surface area contributed by atoms with E-state index in [9.17, 15) is 0 Å². The third-order valence-electron chi connectivity index (χ3n) is 6.19. The highest BCUT2D eigenvalue weighted by Gasteiger charge is 2.34. The Bertz CT molecular complexity index is 621. The van der Waals surface area contributed by atoms with Crippen molar-refractivity contribution in [3.8, 4) is 5.75 Å². The number of rotatable bonds is 9. The topological polar surface area (TPSA) is 64.1 Å². The first-order valence-electron chi connectivity index (χ1n) is 11.0. The van der Waals surface area contributed by atoms with Crippen LogP contribution in [0, 0.1) is 0 Å². The van der Waals surface area contributed by atoms with Crippen molar-refractivity contribution in [2.24, 2.45) is 4.99 Å². The molecule has 6 nitrogen and oxygen atoms in total. The minimum absolute atomic E-state index is 0.160. The summed E-state index contributed by atoms with van der Waals surface area (Å²) < 4.78 is 16.5. The van der Waals surface area contributed by atoms with Gasteiger partial charge in [0.05, 0.1) is 19.8 Å². The number of methoxy groups -OCH3 is 1. The second-order valence-electron chi connectivity index (χ2n) is 8.13. The third kappa shape index (κ3) is 6.34. The molecule has 1 heterocycles. The fourth-order valence-corrected chi connectivity index (χ4v) is 4.39. The summed E-state index contributed by atoms with van der Waals surface area (Å²) in [7, 11) is 3.55. The molecule has 1 saturated heterocycles. The van der Waals surface area contributed by atoms with Crippen LogP contribution in [0.5, 0.6) is 5.75 Å². The van der Waals surface area contributed by atoms with Gasteiger partial charge in [0.15, 0.2) is 5.96 Å². The highest BCUT2D eigenvalue weighted by molar-refractivity contribution is 5.79. The molecule has 1 unspecified atom stereocenters. The average Bonchev–Trinajstić information content (AvgIpc) is 3.30. The summed E-state index contributed by atoms with van der Waals surface area (Å²) in [6.45, 7) is 4.07. The molecule has 0 spiro atoms. The molecule has 2 fully saturated rings. The van der Waals surface area contributed by atoms with Gasteiger partial charge < -0.3 is 24.8 Å². The van der Waals surface area contributed by atoms with Gasteiger partial charge in [-0.2, -0.15) is 0 Å². The maximum absolute atomic E-state index is 5.83. The van der Waals surface area contributed by atoms with Crippen LogP contribution < -0.4 is 15.4 Å². The molecule has 1 aliphatic heterocycles. The van der Waals surface area contributed by atoms with Crippen molar-refractivity contribution in [1.82, 2.24) is 10.6 Å². The Morgan fingerprint density at radius 3 is 2.62 bits per heavy atom. The Labute approximate surface area is 175 Å². The SMILES string of the molecule is CN=C(NCCCOC1CCOC1)NCC1(c2ccc(OC)cc2)CCCCC1. The molecule has 1 aliphatic carbocycles. The molecular formula is C23H37N3O3. The maximum Gasteiger partial charge on any atom is 0.191 e. The van der Waals surface area contributed by atoms with Gasteiger partial charge in [-0.3, -0.25) is 4.99 Å². The van der Waals surface area contributed by atoms with Gasteiger partial charge >= 0.3 is 0 Å². The zero-order valence-corrected chi connectivity index (χ0v) is 18.0. The van der Waals surface area contributed by atoms with E-state index in [4.69, 9.17) is 14.2 Å². The highest BCUT2D eigenvalue weighted by atomic mass is 16.5. The average molecular weight is 404 g/mol. The maximum atomic E-state index is 5.83. The lowest BCUT2D eigenvalue weighted by atomic mass is 9.69. The van der Waals surface area contributed by atoms with E-state index in [1.807, 2.05) is 7.05 Å². The molecule has 2 aliphatic rings. The summed E-state index contributed by atoms with van der Waals surface area (Å²) >= 11 is 0. The first-order valence-corrected chi connectivity index (χ1v) is 11.0. The quantitative estimate of drug-likeness (QED) is 0.376. The van der Waals surface area contributed by atoms with Gasteiger partial charge in [-0.05, 0) is 43.4 Å². The second kappa shape index (κ2) is 11.4.